The van der Waals surface area contributed by atoms with E-state index in [1.54, 1.807) is 19.9 Å². The molecule has 5 aromatic carbocycles. The smallest absolute Gasteiger partial charge is 0.336 e. The standard InChI is InChI=1S/C93H102F6N2/c1-14-66-26-28-67(29-27-66)55-90(80-49-64(10)82(51-62(80)8)92(94,95)96)78-23-17-16-22-75(78)76-38-34-71(53-84(76)90)100(86-25-18-15-20-59(86)5)70-32-30-69(31-33-70)74-37-35-72(48-61(74)7)101(89(13)46-40-58(4)41-47-89)73-36-39-77-85(54-73)91(79-24-19-21-60(6)87(77)79,56-68-42-44-88(12,45-43-68)57(2)3)81-50-65(11)83(52-63(81)9)93(97,98)99/h14-20,22-40,42-44,46,50-51,53-54,57-65,80,83,86H,1,21,41,45,47-49,52,55-56H2,2-13H3. The van der Waals surface area contributed by atoms with Gasteiger partial charge in [-0.25, -0.2) is 0 Å². The molecule has 526 valence electrons. The molecular weight excluding hydrogens is 1260 g/mol. The van der Waals surface area contributed by atoms with E-state index in [4.69, 9.17) is 0 Å². The summed E-state index contributed by atoms with van der Waals surface area (Å²) in [6.07, 6.45) is 33.4. The quantitative estimate of drug-likeness (QED) is 0.0761. The van der Waals surface area contributed by atoms with Gasteiger partial charge in [0, 0.05) is 39.2 Å². The van der Waals surface area contributed by atoms with Gasteiger partial charge >= 0.3 is 12.4 Å². The van der Waals surface area contributed by atoms with Gasteiger partial charge in [-0.1, -0.05) is 258 Å². The van der Waals surface area contributed by atoms with Gasteiger partial charge in [-0.2, -0.15) is 26.3 Å². The van der Waals surface area contributed by atoms with Crippen molar-refractivity contribution in [2.75, 3.05) is 9.80 Å². The molecule has 0 heterocycles. The molecule has 0 N–H and O–H groups in total. The number of halogens is 6. The molecule has 0 aliphatic heterocycles. The van der Waals surface area contributed by atoms with Crippen LogP contribution in [0, 0.1) is 70.5 Å². The summed E-state index contributed by atoms with van der Waals surface area (Å²) in [5.41, 5.74) is 18.9. The molecular formula is C93H102F6N2. The minimum Gasteiger partial charge on any atom is -0.336 e. The number of anilines is 3. The third kappa shape index (κ3) is 12.3. The molecule has 0 aromatic heterocycles. The summed E-state index contributed by atoms with van der Waals surface area (Å²) >= 11 is 0. The first-order valence-corrected chi connectivity index (χ1v) is 37.7. The summed E-state index contributed by atoms with van der Waals surface area (Å²) < 4.78 is 89.7. The number of hydrogen-bond donors (Lipinski definition) is 0. The van der Waals surface area contributed by atoms with Gasteiger partial charge in [-0.15, -0.1) is 0 Å². The Balaban J connectivity index is 0.864. The molecule has 9 aliphatic carbocycles. The van der Waals surface area contributed by atoms with Crippen LogP contribution in [0.15, 0.2) is 235 Å². The predicted octanol–water partition coefficient (Wildman–Crippen LogP) is 25.8. The van der Waals surface area contributed by atoms with Gasteiger partial charge in [0.1, 0.15) is 0 Å². The molecule has 8 heteroatoms. The van der Waals surface area contributed by atoms with Crippen LogP contribution in [-0.4, -0.2) is 23.9 Å². The molecule has 0 saturated carbocycles. The predicted molar refractivity (Wildman–Crippen MR) is 409 cm³/mol. The average Bonchev–Trinajstić information content (AvgIpc) is 1.56. The van der Waals surface area contributed by atoms with Crippen LogP contribution in [0.3, 0.4) is 0 Å². The fourth-order valence-corrected chi connectivity index (χ4v) is 20.0. The highest BCUT2D eigenvalue weighted by atomic mass is 19.4. The molecule has 101 heavy (non-hydrogen) atoms. The number of allylic oxidation sites excluding steroid dienone is 19. The minimum absolute atomic E-state index is 0.0166. The lowest BCUT2D eigenvalue weighted by Gasteiger charge is -2.47. The Hall–Kier alpha value is -7.84. The zero-order valence-electron chi connectivity index (χ0n) is 61.3. The summed E-state index contributed by atoms with van der Waals surface area (Å²) in [5, 5.41) is 0. The highest BCUT2D eigenvalue weighted by Gasteiger charge is 2.56. The minimum atomic E-state index is -4.40. The Labute approximate surface area is 598 Å². The van der Waals surface area contributed by atoms with E-state index in [2.05, 4.69) is 273 Å². The molecule has 5 aromatic rings. The van der Waals surface area contributed by atoms with Crippen molar-refractivity contribution in [3.05, 3.63) is 274 Å². The Kier molecular flexibility index (Phi) is 18.4. The van der Waals surface area contributed by atoms with Crippen LogP contribution < -0.4 is 9.80 Å². The summed E-state index contributed by atoms with van der Waals surface area (Å²) in [5.74, 6) is -2.15. The molecule has 0 spiro atoms. The van der Waals surface area contributed by atoms with E-state index in [9.17, 15) is 13.2 Å². The maximum Gasteiger partial charge on any atom is 0.412 e. The monoisotopic (exact) mass is 1360 g/mol. The fourth-order valence-electron chi connectivity index (χ4n) is 20.0. The number of rotatable bonds is 15. The van der Waals surface area contributed by atoms with Crippen molar-refractivity contribution in [3.8, 4) is 11.1 Å². The summed E-state index contributed by atoms with van der Waals surface area (Å²) in [6.45, 7) is 30.3. The van der Waals surface area contributed by atoms with Crippen LogP contribution >= 0.6 is 0 Å². The van der Waals surface area contributed by atoms with Crippen LogP contribution in [0.5, 0.6) is 0 Å². The molecule has 2 nitrogen and oxygen atoms in total. The molecule has 9 aliphatic rings. The van der Waals surface area contributed by atoms with Crippen LogP contribution in [-0.2, 0) is 17.3 Å². The van der Waals surface area contributed by atoms with Gasteiger partial charge in [0.2, 0.25) is 0 Å². The van der Waals surface area contributed by atoms with E-state index in [-0.39, 0.29) is 58.9 Å². The van der Waals surface area contributed by atoms with Crippen molar-refractivity contribution in [3.63, 3.8) is 0 Å². The van der Waals surface area contributed by atoms with Crippen LogP contribution in [0.25, 0.3) is 28.3 Å². The second-order valence-electron chi connectivity index (χ2n) is 33.0. The number of benzene rings is 5. The molecule has 0 fully saturated rings. The number of hydrogen-bond acceptors (Lipinski definition) is 2. The molecule has 15 atom stereocenters. The lowest BCUT2D eigenvalue weighted by Crippen LogP contribution is -2.47. The summed E-state index contributed by atoms with van der Waals surface area (Å²) in [7, 11) is 0. The largest absolute Gasteiger partial charge is 0.412 e. The lowest BCUT2D eigenvalue weighted by atomic mass is 9.57. The Morgan fingerprint density at radius 1 is 0.644 bits per heavy atom. The average molecular weight is 1360 g/mol. The number of nitrogens with zero attached hydrogens (tertiary/aromatic N) is 2. The van der Waals surface area contributed by atoms with Crippen molar-refractivity contribution < 1.29 is 26.3 Å². The van der Waals surface area contributed by atoms with Crippen molar-refractivity contribution in [1.29, 1.82) is 0 Å². The second kappa shape index (κ2) is 26.5. The van der Waals surface area contributed by atoms with E-state index >= 15 is 13.2 Å². The van der Waals surface area contributed by atoms with Crippen LogP contribution in [0.1, 0.15) is 173 Å². The molecule has 0 bridgehead atoms. The topological polar surface area (TPSA) is 6.48 Å². The molecule has 0 radical (unpaired) electrons. The van der Waals surface area contributed by atoms with E-state index in [0.29, 0.717) is 31.1 Å². The molecule has 0 saturated heterocycles. The number of alkyl halides is 6. The fraction of sp³-hybridized carbons (Fsp3) is 0.419. The van der Waals surface area contributed by atoms with Gasteiger partial charge < -0.3 is 9.80 Å². The van der Waals surface area contributed by atoms with Gasteiger partial charge in [0.25, 0.3) is 0 Å². The third-order valence-corrected chi connectivity index (χ3v) is 26.1. The van der Waals surface area contributed by atoms with E-state index in [0.717, 1.165) is 88.1 Å². The Bertz CT molecular complexity index is 4410. The van der Waals surface area contributed by atoms with Crippen molar-refractivity contribution >= 4 is 34.3 Å². The van der Waals surface area contributed by atoms with Gasteiger partial charge in [0.05, 0.1) is 17.5 Å². The van der Waals surface area contributed by atoms with Crippen molar-refractivity contribution in [2.45, 2.75) is 176 Å². The van der Waals surface area contributed by atoms with Gasteiger partial charge in [-0.3, -0.25) is 0 Å². The Morgan fingerprint density at radius 2 is 1.35 bits per heavy atom. The van der Waals surface area contributed by atoms with E-state index in [1.807, 2.05) is 13.0 Å². The maximum atomic E-state index is 15.0. The highest BCUT2D eigenvalue weighted by molar-refractivity contribution is 5.89. The zero-order chi connectivity index (χ0) is 71.5. The second-order valence-corrected chi connectivity index (χ2v) is 33.0. The normalized spacial score (nSPS) is 31.9. The number of fused-ring (bicyclic) bond motifs is 5. The first kappa shape index (κ1) is 70.2. The highest BCUT2D eigenvalue weighted by Crippen LogP contribution is 2.64. The van der Waals surface area contributed by atoms with Gasteiger partial charge in [0.15, 0.2) is 0 Å². The molecule has 0 amide bonds. The molecule has 15 unspecified atom stereocenters. The van der Waals surface area contributed by atoms with Crippen LogP contribution in [0.2, 0.25) is 0 Å². The van der Waals surface area contributed by atoms with Crippen LogP contribution in [0.4, 0.5) is 43.4 Å². The zero-order valence-corrected chi connectivity index (χ0v) is 61.3. The van der Waals surface area contributed by atoms with Crippen molar-refractivity contribution in [1.82, 2.24) is 0 Å². The molecule has 14 rings (SSSR count). The first-order chi connectivity index (χ1) is 48.1. The van der Waals surface area contributed by atoms with Crippen molar-refractivity contribution in [2.24, 2.45) is 70.5 Å². The maximum absolute atomic E-state index is 15.0. The van der Waals surface area contributed by atoms with E-state index in [1.165, 1.54) is 44.7 Å². The summed E-state index contributed by atoms with van der Waals surface area (Å²) in [6, 6.07) is 40.4. The SMILES string of the molecule is C=Cc1ccc(CC2(C3CC(C)C(C(F)(F)F)=CC3C)c3ccccc3-c3ccc(N(c4ccc(C5=CC=C(N(c6ccc7c(c6)C(CC6=CCC(C)(C(C)C)C=C6)(C6=CC(C)C(C(F)(F)F)CC6C)C6=C7C(C)CC=C6)C6(C)C=CC(C)CC6)CC5C)cc4)C4C=CC=CC4C)cc32)cc1. The summed E-state index contributed by atoms with van der Waals surface area (Å²) in [4.78, 5) is 5.12. The third-order valence-electron chi connectivity index (χ3n) is 26.1. The lowest BCUT2D eigenvalue weighted by molar-refractivity contribution is -0.188. The van der Waals surface area contributed by atoms with E-state index < -0.39 is 46.5 Å². The first-order valence-electron chi connectivity index (χ1n) is 37.7. The Morgan fingerprint density at radius 3 is 2.02 bits per heavy atom. The van der Waals surface area contributed by atoms with Gasteiger partial charge in [-0.05, 0) is 239 Å².